The van der Waals surface area contributed by atoms with E-state index in [-0.39, 0.29) is 0 Å². The summed E-state index contributed by atoms with van der Waals surface area (Å²) in [6.45, 7) is 0. The lowest BCUT2D eigenvalue weighted by molar-refractivity contribution is -0.153. The minimum absolute atomic E-state index is 0.376. The van der Waals surface area contributed by atoms with Crippen LogP contribution < -0.4 is 10.0 Å². The van der Waals surface area contributed by atoms with Crippen molar-refractivity contribution >= 4 is 10.0 Å². The summed E-state index contributed by atoms with van der Waals surface area (Å²) in [5.74, 6) is -0.349. The number of rotatable bonds is 4. The van der Waals surface area contributed by atoms with Crippen LogP contribution in [0.5, 0.6) is 0 Å². The van der Waals surface area contributed by atoms with Gasteiger partial charge in [-0.3, -0.25) is 0 Å². The maximum atomic E-state index is 13.4. The lowest BCUT2D eigenvalue weighted by Crippen LogP contribution is -2.40. The number of alkyl halides is 3. The molecule has 0 unspecified atom stereocenters. The van der Waals surface area contributed by atoms with E-state index < -0.39 is 38.7 Å². The summed E-state index contributed by atoms with van der Waals surface area (Å²) in [7, 11) is -2.82. The Morgan fingerprint density at radius 2 is 1.77 bits per heavy atom. The molecule has 1 aromatic carbocycles. The molecule has 2 aliphatic heterocycles. The average Bonchev–Trinajstić information content (AvgIpc) is 2.97. The van der Waals surface area contributed by atoms with Gasteiger partial charge in [0.2, 0.25) is 0 Å². The van der Waals surface area contributed by atoms with Crippen LogP contribution in [-0.2, 0) is 10.0 Å². The molecule has 0 bridgehead atoms. The zero-order chi connectivity index (χ0) is 19.1. The minimum atomic E-state index is -4.91. The average molecular weight is 390 g/mol. The molecule has 26 heavy (non-hydrogen) atoms. The van der Waals surface area contributed by atoms with E-state index in [9.17, 15) is 26.0 Å². The molecular weight excluding hydrogens is 376 g/mol. The van der Waals surface area contributed by atoms with Gasteiger partial charge in [0.05, 0.1) is 0 Å². The molecule has 3 rings (SSSR count). The van der Waals surface area contributed by atoms with Crippen molar-refractivity contribution in [2.45, 2.75) is 12.2 Å². The Balaban J connectivity index is 1.88. The third kappa shape index (κ3) is 3.68. The van der Waals surface area contributed by atoms with Crippen LogP contribution in [-0.4, -0.2) is 31.4 Å². The van der Waals surface area contributed by atoms with Crippen LogP contribution >= 0.6 is 0 Å². The Morgan fingerprint density at radius 3 is 2.38 bits per heavy atom. The van der Waals surface area contributed by atoms with Crippen molar-refractivity contribution in [1.29, 1.82) is 0 Å². The Bertz CT molecular complexity index is 891. The van der Waals surface area contributed by atoms with Gasteiger partial charge in [0.15, 0.2) is 5.03 Å². The van der Waals surface area contributed by atoms with E-state index >= 15 is 0 Å². The van der Waals surface area contributed by atoms with E-state index in [0.29, 0.717) is 5.82 Å². The zero-order valence-corrected chi connectivity index (χ0v) is 14.1. The van der Waals surface area contributed by atoms with Gasteiger partial charge in [0.25, 0.3) is 10.0 Å². The van der Waals surface area contributed by atoms with Crippen LogP contribution in [0, 0.1) is 5.82 Å². The summed E-state index contributed by atoms with van der Waals surface area (Å²) in [6, 6.07) is 0.925. The van der Waals surface area contributed by atoms with Crippen molar-refractivity contribution < 1.29 is 26.0 Å². The van der Waals surface area contributed by atoms with Crippen molar-refractivity contribution in [2.75, 3.05) is 7.05 Å². The van der Waals surface area contributed by atoms with Crippen molar-refractivity contribution in [1.82, 2.24) is 19.8 Å². The zero-order valence-electron chi connectivity index (χ0n) is 13.3. The fraction of sp³-hybridized carbons (Fsp3) is 0.200. The molecule has 1 aromatic rings. The predicted molar refractivity (Wildman–Crippen MR) is 85.3 cm³/mol. The second-order valence-electron chi connectivity index (χ2n) is 5.65. The maximum absolute atomic E-state index is 13.4. The minimum Gasteiger partial charge on any atom is -0.352 e. The van der Waals surface area contributed by atoms with Gasteiger partial charge in [-0.25, -0.2) is 12.8 Å². The summed E-state index contributed by atoms with van der Waals surface area (Å²) in [6.07, 6.45) is 1.01. The lowest BCUT2D eigenvalue weighted by Gasteiger charge is -2.22. The number of fused-ring (bicyclic) bond motifs is 1. The fourth-order valence-electron chi connectivity index (χ4n) is 2.39. The first-order valence-electron chi connectivity index (χ1n) is 7.30. The number of hydrogen-bond donors (Lipinski definition) is 2. The van der Waals surface area contributed by atoms with Crippen LogP contribution in [0.2, 0.25) is 0 Å². The number of sulfonamides is 1. The first kappa shape index (κ1) is 18.3. The van der Waals surface area contributed by atoms with Gasteiger partial charge in [0, 0.05) is 31.8 Å². The first-order valence-corrected chi connectivity index (χ1v) is 8.78. The smallest absolute Gasteiger partial charge is 0.352 e. The third-order valence-electron chi connectivity index (χ3n) is 3.67. The molecule has 0 amide bonds. The van der Waals surface area contributed by atoms with Crippen molar-refractivity contribution in [2.24, 2.45) is 0 Å². The van der Waals surface area contributed by atoms with Crippen LogP contribution in [0.4, 0.5) is 17.6 Å². The van der Waals surface area contributed by atoms with Gasteiger partial charge < -0.3 is 15.1 Å². The van der Waals surface area contributed by atoms with Gasteiger partial charge in [-0.15, -0.1) is 0 Å². The normalized spacial score (nSPS) is 18.2. The summed E-state index contributed by atoms with van der Waals surface area (Å²) in [5, 5.41) is 2.13. The highest BCUT2D eigenvalue weighted by Gasteiger charge is 2.44. The SMILES string of the molecule is CN1C=CN2C=C(S(=O)(=O)N[C@H](c3ccc(F)cc3)C(F)(F)F)NC2=C1. The Morgan fingerprint density at radius 1 is 1.12 bits per heavy atom. The van der Waals surface area contributed by atoms with E-state index in [2.05, 4.69) is 5.32 Å². The molecule has 140 valence electrons. The number of nitrogens with zero attached hydrogens (tertiary/aromatic N) is 2. The number of nitrogens with one attached hydrogen (secondary N) is 2. The monoisotopic (exact) mass is 390 g/mol. The van der Waals surface area contributed by atoms with Crippen LogP contribution in [0.1, 0.15) is 11.6 Å². The van der Waals surface area contributed by atoms with E-state index in [1.165, 1.54) is 4.90 Å². The molecular formula is C15H14F4N4O2S. The molecule has 2 heterocycles. The molecule has 11 heteroatoms. The van der Waals surface area contributed by atoms with Gasteiger partial charge in [-0.05, 0) is 17.7 Å². The molecule has 0 fully saturated rings. The Hall–Kier alpha value is -2.53. The summed E-state index contributed by atoms with van der Waals surface area (Å²) in [4.78, 5) is 3.07. The molecule has 6 nitrogen and oxygen atoms in total. The summed E-state index contributed by atoms with van der Waals surface area (Å²) in [5.41, 5.74) is -0.419. The van der Waals surface area contributed by atoms with E-state index in [4.69, 9.17) is 0 Å². The molecule has 0 saturated carbocycles. The number of hydrogen-bond acceptors (Lipinski definition) is 5. The molecule has 0 saturated heterocycles. The standard InChI is InChI=1S/C15H14F4N4O2S/c1-22-6-7-23-9-13(20-12(23)8-22)26(24,25)21-14(15(17,18)19)10-2-4-11(16)5-3-10/h2-9,14,20-21H,1H3/t14-/m1/s1. The quantitative estimate of drug-likeness (QED) is 0.773. The van der Waals surface area contributed by atoms with Crippen LogP contribution in [0.3, 0.4) is 0 Å². The van der Waals surface area contributed by atoms with Gasteiger partial charge in [-0.2, -0.15) is 17.9 Å². The Labute approximate surface area is 147 Å². The van der Waals surface area contributed by atoms with Gasteiger partial charge in [0.1, 0.15) is 17.7 Å². The Kier molecular flexibility index (Phi) is 4.44. The molecule has 0 spiro atoms. The van der Waals surface area contributed by atoms with Crippen LogP contribution in [0.15, 0.2) is 59.9 Å². The topological polar surface area (TPSA) is 64.7 Å². The summed E-state index contributed by atoms with van der Waals surface area (Å²) < 4.78 is 79.6. The lowest BCUT2D eigenvalue weighted by atomic mass is 10.1. The van der Waals surface area contributed by atoms with Gasteiger partial charge in [-0.1, -0.05) is 12.1 Å². The van der Waals surface area contributed by atoms with Crippen molar-refractivity contribution in [3.05, 3.63) is 71.3 Å². The van der Waals surface area contributed by atoms with E-state index in [1.807, 2.05) is 0 Å². The molecule has 2 N–H and O–H groups in total. The second-order valence-corrected chi connectivity index (χ2v) is 7.33. The predicted octanol–water partition coefficient (Wildman–Crippen LogP) is 2.27. The highest BCUT2D eigenvalue weighted by Crippen LogP contribution is 2.34. The maximum Gasteiger partial charge on any atom is 0.408 e. The van der Waals surface area contributed by atoms with E-state index in [0.717, 1.165) is 30.5 Å². The number of halogens is 4. The number of benzene rings is 1. The molecule has 0 radical (unpaired) electrons. The van der Waals surface area contributed by atoms with Gasteiger partial charge >= 0.3 is 6.18 Å². The largest absolute Gasteiger partial charge is 0.408 e. The van der Waals surface area contributed by atoms with E-state index in [1.54, 1.807) is 35.3 Å². The molecule has 0 aromatic heterocycles. The highest BCUT2D eigenvalue weighted by atomic mass is 32.2. The fourth-order valence-corrected chi connectivity index (χ4v) is 3.59. The van der Waals surface area contributed by atoms with Crippen molar-refractivity contribution in [3.63, 3.8) is 0 Å². The van der Waals surface area contributed by atoms with Crippen LogP contribution in [0.25, 0.3) is 0 Å². The first-order chi connectivity index (χ1) is 12.1. The van der Waals surface area contributed by atoms with Crippen molar-refractivity contribution in [3.8, 4) is 0 Å². The molecule has 0 aliphatic carbocycles. The molecule has 1 atom stereocenters. The molecule has 2 aliphatic rings. The third-order valence-corrected chi connectivity index (χ3v) is 5.00. The highest BCUT2D eigenvalue weighted by molar-refractivity contribution is 7.93. The summed E-state index contributed by atoms with van der Waals surface area (Å²) >= 11 is 0. The second kappa shape index (κ2) is 6.32.